The SMILES string of the molecule is COc1ccc(CCNCC2CCCN2)c(C)c1C. The predicted octanol–water partition coefficient (Wildman–Crippen LogP) is 2.20. The number of ether oxygens (including phenoxy) is 1. The monoisotopic (exact) mass is 262 g/mol. The first-order chi connectivity index (χ1) is 9.22. The highest BCUT2D eigenvalue weighted by atomic mass is 16.5. The van der Waals surface area contributed by atoms with Gasteiger partial charge in [0.25, 0.3) is 0 Å². The highest BCUT2D eigenvalue weighted by Crippen LogP contribution is 2.23. The van der Waals surface area contributed by atoms with Gasteiger partial charge in [0.2, 0.25) is 0 Å². The first-order valence-electron chi connectivity index (χ1n) is 7.29. The Kier molecular flexibility index (Phi) is 5.23. The van der Waals surface area contributed by atoms with E-state index in [1.165, 1.54) is 36.1 Å². The zero-order valence-electron chi connectivity index (χ0n) is 12.4. The third-order valence-corrected chi connectivity index (χ3v) is 4.19. The van der Waals surface area contributed by atoms with E-state index in [4.69, 9.17) is 4.74 Å². The Morgan fingerprint density at radius 2 is 2.16 bits per heavy atom. The second-order valence-electron chi connectivity index (χ2n) is 5.42. The Morgan fingerprint density at radius 1 is 1.32 bits per heavy atom. The molecule has 1 heterocycles. The third-order valence-electron chi connectivity index (χ3n) is 4.19. The molecule has 1 atom stereocenters. The molecule has 1 saturated heterocycles. The van der Waals surface area contributed by atoms with Crippen molar-refractivity contribution in [3.05, 3.63) is 28.8 Å². The van der Waals surface area contributed by atoms with Crippen molar-refractivity contribution in [3.8, 4) is 5.75 Å². The Hall–Kier alpha value is -1.06. The highest BCUT2D eigenvalue weighted by molar-refractivity contribution is 5.43. The Balaban J connectivity index is 1.80. The van der Waals surface area contributed by atoms with Gasteiger partial charge in [0.05, 0.1) is 7.11 Å². The summed E-state index contributed by atoms with van der Waals surface area (Å²) in [5.41, 5.74) is 4.04. The van der Waals surface area contributed by atoms with Gasteiger partial charge in [-0.3, -0.25) is 0 Å². The maximum Gasteiger partial charge on any atom is 0.122 e. The second kappa shape index (κ2) is 6.92. The van der Waals surface area contributed by atoms with Crippen molar-refractivity contribution >= 4 is 0 Å². The quantitative estimate of drug-likeness (QED) is 0.771. The smallest absolute Gasteiger partial charge is 0.122 e. The zero-order chi connectivity index (χ0) is 13.7. The molecule has 1 aromatic carbocycles. The molecule has 0 amide bonds. The molecule has 2 rings (SSSR count). The summed E-state index contributed by atoms with van der Waals surface area (Å²) < 4.78 is 5.35. The van der Waals surface area contributed by atoms with Crippen LogP contribution in [-0.2, 0) is 6.42 Å². The minimum atomic E-state index is 0.679. The normalized spacial score (nSPS) is 18.8. The van der Waals surface area contributed by atoms with Crippen molar-refractivity contribution in [3.63, 3.8) is 0 Å². The molecule has 1 unspecified atom stereocenters. The number of rotatable bonds is 6. The van der Waals surface area contributed by atoms with Crippen molar-refractivity contribution in [2.75, 3.05) is 26.7 Å². The summed E-state index contributed by atoms with van der Waals surface area (Å²) in [7, 11) is 1.73. The Bertz CT molecular complexity index is 411. The van der Waals surface area contributed by atoms with Crippen molar-refractivity contribution in [1.82, 2.24) is 10.6 Å². The van der Waals surface area contributed by atoms with E-state index in [9.17, 15) is 0 Å². The Morgan fingerprint density at radius 3 is 2.84 bits per heavy atom. The lowest BCUT2D eigenvalue weighted by Gasteiger charge is -2.14. The number of hydrogen-bond acceptors (Lipinski definition) is 3. The molecule has 1 fully saturated rings. The summed E-state index contributed by atoms with van der Waals surface area (Å²) in [6.07, 6.45) is 3.72. The van der Waals surface area contributed by atoms with Crippen LogP contribution < -0.4 is 15.4 Å². The van der Waals surface area contributed by atoms with Gasteiger partial charge >= 0.3 is 0 Å². The predicted molar refractivity (Wildman–Crippen MR) is 80.1 cm³/mol. The Labute approximate surface area is 116 Å². The van der Waals surface area contributed by atoms with Gasteiger partial charge in [-0.05, 0) is 69.0 Å². The van der Waals surface area contributed by atoms with E-state index >= 15 is 0 Å². The molecule has 0 radical (unpaired) electrons. The molecule has 2 N–H and O–H groups in total. The molecule has 0 bridgehead atoms. The fraction of sp³-hybridized carbons (Fsp3) is 0.625. The zero-order valence-corrected chi connectivity index (χ0v) is 12.4. The first-order valence-corrected chi connectivity index (χ1v) is 7.29. The van der Waals surface area contributed by atoms with Crippen LogP contribution in [0.5, 0.6) is 5.75 Å². The molecule has 19 heavy (non-hydrogen) atoms. The molecule has 1 aliphatic rings. The van der Waals surface area contributed by atoms with Crippen LogP contribution in [0.15, 0.2) is 12.1 Å². The topological polar surface area (TPSA) is 33.3 Å². The lowest BCUT2D eigenvalue weighted by atomic mass is 10.00. The molecular formula is C16H26N2O. The van der Waals surface area contributed by atoms with Crippen molar-refractivity contribution < 1.29 is 4.74 Å². The molecular weight excluding hydrogens is 236 g/mol. The summed E-state index contributed by atoms with van der Waals surface area (Å²) in [5, 5.41) is 7.07. The minimum Gasteiger partial charge on any atom is -0.496 e. The number of nitrogens with one attached hydrogen (secondary N) is 2. The molecule has 3 heteroatoms. The summed E-state index contributed by atoms with van der Waals surface area (Å²) >= 11 is 0. The molecule has 0 aliphatic carbocycles. The fourth-order valence-corrected chi connectivity index (χ4v) is 2.77. The fourth-order valence-electron chi connectivity index (χ4n) is 2.77. The highest BCUT2D eigenvalue weighted by Gasteiger charge is 2.13. The lowest BCUT2D eigenvalue weighted by molar-refractivity contribution is 0.411. The molecule has 106 valence electrons. The van der Waals surface area contributed by atoms with Gasteiger partial charge < -0.3 is 15.4 Å². The van der Waals surface area contributed by atoms with Gasteiger partial charge in [-0.15, -0.1) is 0 Å². The summed E-state index contributed by atoms with van der Waals surface area (Å²) in [4.78, 5) is 0. The number of benzene rings is 1. The van der Waals surface area contributed by atoms with E-state index in [2.05, 4.69) is 36.6 Å². The van der Waals surface area contributed by atoms with Gasteiger partial charge in [-0.1, -0.05) is 6.07 Å². The average molecular weight is 262 g/mol. The van der Waals surface area contributed by atoms with Crippen LogP contribution in [0.2, 0.25) is 0 Å². The number of methoxy groups -OCH3 is 1. The van der Waals surface area contributed by atoms with Crippen LogP contribution >= 0.6 is 0 Å². The first kappa shape index (κ1) is 14.4. The second-order valence-corrected chi connectivity index (χ2v) is 5.42. The van der Waals surface area contributed by atoms with Crippen LogP contribution in [-0.4, -0.2) is 32.8 Å². The van der Waals surface area contributed by atoms with Gasteiger partial charge in [0.1, 0.15) is 5.75 Å². The van der Waals surface area contributed by atoms with Gasteiger partial charge in [0.15, 0.2) is 0 Å². The van der Waals surface area contributed by atoms with Crippen LogP contribution in [0, 0.1) is 13.8 Å². The summed E-state index contributed by atoms with van der Waals surface area (Å²) in [5.74, 6) is 0.990. The standard InChI is InChI=1S/C16H26N2O/c1-12-13(2)16(19-3)7-6-14(12)8-10-17-11-15-5-4-9-18-15/h6-7,15,17-18H,4-5,8-11H2,1-3H3. The molecule has 0 aromatic heterocycles. The van der Waals surface area contributed by atoms with E-state index in [1.807, 2.05) is 0 Å². The van der Waals surface area contributed by atoms with E-state index < -0.39 is 0 Å². The van der Waals surface area contributed by atoms with E-state index in [1.54, 1.807) is 7.11 Å². The van der Waals surface area contributed by atoms with Crippen molar-refractivity contribution in [1.29, 1.82) is 0 Å². The third kappa shape index (κ3) is 3.71. The lowest BCUT2D eigenvalue weighted by Crippen LogP contribution is -2.34. The van der Waals surface area contributed by atoms with Crippen LogP contribution in [0.1, 0.15) is 29.5 Å². The van der Waals surface area contributed by atoms with E-state index in [-0.39, 0.29) is 0 Å². The minimum absolute atomic E-state index is 0.679. The van der Waals surface area contributed by atoms with Gasteiger partial charge in [-0.25, -0.2) is 0 Å². The summed E-state index contributed by atoms with van der Waals surface area (Å²) in [6.45, 7) is 7.64. The summed E-state index contributed by atoms with van der Waals surface area (Å²) in [6, 6.07) is 4.95. The van der Waals surface area contributed by atoms with E-state index in [0.717, 1.165) is 25.3 Å². The largest absolute Gasteiger partial charge is 0.496 e. The maximum atomic E-state index is 5.35. The van der Waals surface area contributed by atoms with Crippen LogP contribution in [0.3, 0.4) is 0 Å². The van der Waals surface area contributed by atoms with Gasteiger partial charge in [-0.2, -0.15) is 0 Å². The molecule has 1 aromatic rings. The molecule has 0 saturated carbocycles. The number of hydrogen-bond donors (Lipinski definition) is 2. The van der Waals surface area contributed by atoms with Crippen LogP contribution in [0.25, 0.3) is 0 Å². The maximum absolute atomic E-state index is 5.35. The molecule has 0 spiro atoms. The van der Waals surface area contributed by atoms with Crippen LogP contribution in [0.4, 0.5) is 0 Å². The average Bonchev–Trinajstić information content (AvgIpc) is 2.92. The van der Waals surface area contributed by atoms with E-state index in [0.29, 0.717) is 6.04 Å². The van der Waals surface area contributed by atoms with Crippen molar-refractivity contribution in [2.45, 2.75) is 39.2 Å². The molecule has 1 aliphatic heterocycles. The van der Waals surface area contributed by atoms with Gasteiger partial charge in [0, 0.05) is 12.6 Å². The van der Waals surface area contributed by atoms with Crippen molar-refractivity contribution in [2.24, 2.45) is 0 Å². The molecule has 3 nitrogen and oxygen atoms in total.